The third-order valence-electron chi connectivity index (χ3n) is 1.61. The zero-order chi connectivity index (χ0) is 5.11. The van der Waals surface area contributed by atoms with Crippen LogP contribution in [0, 0.1) is 11.7 Å². The summed E-state index contributed by atoms with van der Waals surface area (Å²) >= 11 is 4.09. The Hall–Kier alpha value is 0.350. The highest BCUT2D eigenvalue weighted by Gasteiger charge is 2.11. The molecule has 1 aliphatic carbocycles. The summed E-state index contributed by atoms with van der Waals surface area (Å²) in [4.78, 5) is 0. The normalized spacial score (nSPS) is 23.6. The lowest BCUT2D eigenvalue weighted by Gasteiger charge is -1.98. The summed E-state index contributed by atoms with van der Waals surface area (Å²) in [7, 11) is 0. The number of thiol groups is 1. The van der Waals surface area contributed by atoms with E-state index in [9.17, 15) is 0 Å². The van der Waals surface area contributed by atoms with Crippen LogP contribution in [0.3, 0.4) is 0 Å². The third-order valence-corrected chi connectivity index (χ3v) is 2.03. The molecule has 7 heavy (non-hydrogen) atoms. The van der Waals surface area contributed by atoms with Crippen molar-refractivity contribution >= 4 is 12.6 Å². The summed E-state index contributed by atoms with van der Waals surface area (Å²) < 4.78 is 0. The molecule has 1 radical (unpaired) electrons. The first-order valence-corrected chi connectivity index (χ1v) is 3.42. The van der Waals surface area contributed by atoms with Crippen LogP contribution in [0.5, 0.6) is 0 Å². The van der Waals surface area contributed by atoms with E-state index in [4.69, 9.17) is 0 Å². The maximum atomic E-state index is 4.09. The monoisotopic (exact) mass is 115 g/mol. The Morgan fingerprint density at radius 2 is 1.86 bits per heavy atom. The lowest BCUT2D eigenvalue weighted by Crippen LogP contribution is -1.85. The molecule has 0 heterocycles. The highest BCUT2D eigenvalue weighted by atomic mass is 32.1. The van der Waals surface area contributed by atoms with E-state index in [1.165, 1.54) is 25.7 Å². The van der Waals surface area contributed by atoms with Crippen molar-refractivity contribution < 1.29 is 0 Å². The van der Waals surface area contributed by atoms with Gasteiger partial charge < -0.3 is 0 Å². The van der Waals surface area contributed by atoms with E-state index in [0.29, 0.717) is 0 Å². The van der Waals surface area contributed by atoms with Crippen LogP contribution >= 0.6 is 12.6 Å². The van der Waals surface area contributed by atoms with Gasteiger partial charge in [-0.15, -0.1) is 0 Å². The topological polar surface area (TPSA) is 0 Å². The van der Waals surface area contributed by atoms with Crippen LogP contribution in [0.25, 0.3) is 0 Å². The molecule has 0 aromatic heterocycles. The summed E-state index contributed by atoms with van der Waals surface area (Å²) in [6.07, 6.45) is 5.59. The molecule has 0 aromatic carbocycles. The minimum atomic E-state index is 0.836. The van der Waals surface area contributed by atoms with Gasteiger partial charge in [-0.3, -0.25) is 0 Å². The van der Waals surface area contributed by atoms with Crippen LogP contribution in [-0.2, 0) is 0 Å². The standard InChI is InChI=1S/C6H11S/c7-5-6-3-1-2-4-6/h5-7H,1-4H2. The van der Waals surface area contributed by atoms with Gasteiger partial charge in [-0.05, 0) is 18.8 Å². The molecule has 0 aliphatic heterocycles. The van der Waals surface area contributed by atoms with E-state index in [2.05, 4.69) is 12.6 Å². The van der Waals surface area contributed by atoms with Gasteiger partial charge in [0.1, 0.15) is 0 Å². The maximum Gasteiger partial charge on any atom is 0.0164 e. The average Bonchev–Trinajstić information content (AvgIpc) is 2.14. The van der Waals surface area contributed by atoms with Gasteiger partial charge in [-0.25, -0.2) is 0 Å². The molecule has 0 amide bonds. The van der Waals surface area contributed by atoms with Crippen LogP contribution in [0.2, 0.25) is 0 Å². The molecular weight excluding hydrogens is 104 g/mol. The lowest BCUT2D eigenvalue weighted by molar-refractivity contribution is 0.671. The molecule has 0 atom stereocenters. The molecule has 1 heteroatoms. The Balaban J connectivity index is 2.14. The van der Waals surface area contributed by atoms with E-state index >= 15 is 0 Å². The van der Waals surface area contributed by atoms with Crippen molar-refractivity contribution in [3.63, 3.8) is 0 Å². The molecule has 41 valence electrons. The van der Waals surface area contributed by atoms with E-state index in [1.54, 1.807) is 0 Å². The smallest absolute Gasteiger partial charge is 0.0164 e. The molecule has 0 spiro atoms. The van der Waals surface area contributed by atoms with Gasteiger partial charge in [0.05, 0.1) is 0 Å². The highest BCUT2D eigenvalue weighted by molar-refractivity contribution is 7.82. The lowest BCUT2D eigenvalue weighted by atomic mass is 10.1. The van der Waals surface area contributed by atoms with Crippen molar-refractivity contribution in [3.8, 4) is 0 Å². The van der Waals surface area contributed by atoms with E-state index in [0.717, 1.165) is 5.92 Å². The Morgan fingerprint density at radius 1 is 1.29 bits per heavy atom. The summed E-state index contributed by atoms with van der Waals surface area (Å²) in [5.41, 5.74) is 0. The van der Waals surface area contributed by atoms with Crippen molar-refractivity contribution in [2.75, 3.05) is 0 Å². The molecule has 0 unspecified atom stereocenters. The minimum absolute atomic E-state index is 0.836. The van der Waals surface area contributed by atoms with Gasteiger partial charge in [0.2, 0.25) is 0 Å². The van der Waals surface area contributed by atoms with Gasteiger partial charge in [-0.2, -0.15) is 12.6 Å². The molecule has 1 aliphatic rings. The van der Waals surface area contributed by atoms with Crippen LogP contribution in [0.15, 0.2) is 0 Å². The van der Waals surface area contributed by atoms with Crippen molar-refractivity contribution in [2.24, 2.45) is 5.92 Å². The van der Waals surface area contributed by atoms with Gasteiger partial charge in [0.15, 0.2) is 0 Å². The fraction of sp³-hybridized carbons (Fsp3) is 0.833. The van der Waals surface area contributed by atoms with E-state index in [-0.39, 0.29) is 0 Å². The van der Waals surface area contributed by atoms with Gasteiger partial charge in [-0.1, -0.05) is 12.8 Å². The molecule has 0 N–H and O–H groups in total. The fourth-order valence-corrected chi connectivity index (χ4v) is 1.40. The quantitative estimate of drug-likeness (QED) is 0.498. The predicted octanol–water partition coefficient (Wildman–Crippen LogP) is 2.27. The Morgan fingerprint density at radius 3 is 2.14 bits per heavy atom. The zero-order valence-corrected chi connectivity index (χ0v) is 5.32. The molecule has 0 saturated heterocycles. The van der Waals surface area contributed by atoms with Crippen molar-refractivity contribution in [1.29, 1.82) is 0 Å². The first kappa shape index (κ1) is 5.49. The SMILES string of the molecule is S[CH]C1CCCC1. The number of hydrogen-bond donors (Lipinski definition) is 1. The summed E-state index contributed by atoms with van der Waals surface area (Å²) in [5, 5.41) is 0. The fourth-order valence-electron chi connectivity index (χ4n) is 1.11. The molecule has 1 fully saturated rings. The van der Waals surface area contributed by atoms with E-state index in [1.807, 2.05) is 5.75 Å². The number of hydrogen-bond acceptors (Lipinski definition) is 1. The van der Waals surface area contributed by atoms with Crippen molar-refractivity contribution in [3.05, 3.63) is 5.75 Å². The molecule has 0 aromatic rings. The summed E-state index contributed by atoms with van der Waals surface area (Å²) in [6.45, 7) is 0. The predicted molar refractivity (Wildman–Crippen MR) is 35.2 cm³/mol. The molecule has 1 rings (SSSR count). The largest absolute Gasteiger partial charge is 0.174 e. The molecule has 1 saturated carbocycles. The second-order valence-corrected chi connectivity index (χ2v) is 2.49. The van der Waals surface area contributed by atoms with Crippen molar-refractivity contribution in [1.82, 2.24) is 0 Å². The van der Waals surface area contributed by atoms with Gasteiger partial charge in [0.25, 0.3) is 0 Å². The van der Waals surface area contributed by atoms with Crippen LogP contribution in [0.4, 0.5) is 0 Å². The van der Waals surface area contributed by atoms with Gasteiger partial charge >= 0.3 is 0 Å². The minimum Gasteiger partial charge on any atom is -0.174 e. The molecule has 0 bridgehead atoms. The Bertz CT molecular complexity index is 46.1. The number of rotatable bonds is 1. The highest BCUT2D eigenvalue weighted by Crippen LogP contribution is 2.27. The first-order chi connectivity index (χ1) is 3.43. The average molecular weight is 115 g/mol. The van der Waals surface area contributed by atoms with Gasteiger partial charge in [0, 0.05) is 5.75 Å². The maximum absolute atomic E-state index is 4.09. The zero-order valence-electron chi connectivity index (χ0n) is 4.43. The van der Waals surface area contributed by atoms with E-state index < -0.39 is 0 Å². The van der Waals surface area contributed by atoms with Crippen LogP contribution < -0.4 is 0 Å². The summed E-state index contributed by atoms with van der Waals surface area (Å²) in [5.74, 6) is 2.87. The third kappa shape index (κ3) is 1.37. The Labute approximate surface area is 50.7 Å². The molecule has 0 nitrogen and oxygen atoms in total. The van der Waals surface area contributed by atoms with Crippen LogP contribution in [-0.4, -0.2) is 0 Å². The van der Waals surface area contributed by atoms with Crippen LogP contribution in [0.1, 0.15) is 25.7 Å². The first-order valence-electron chi connectivity index (χ1n) is 2.91. The van der Waals surface area contributed by atoms with Crippen molar-refractivity contribution in [2.45, 2.75) is 25.7 Å². The second-order valence-electron chi connectivity index (χ2n) is 2.19. The second kappa shape index (κ2) is 2.61. The molecular formula is C6H11S. The summed E-state index contributed by atoms with van der Waals surface area (Å²) in [6, 6.07) is 0. The Kier molecular flexibility index (Phi) is 2.04.